The smallest absolute Gasteiger partial charge is 0.317 e. The van der Waals surface area contributed by atoms with Crippen LogP contribution in [0.15, 0.2) is 36.7 Å². The van der Waals surface area contributed by atoms with Gasteiger partial charge in [-0.15, -0.1) is 0 Å². The lowest BCUT2D eigenvalue weighted by atomic mass is 10.1. The van der Waals surface area contributed by atoms with E-state index >= 15 is 0 Å². The summed E-state index contributed by atoms with van der Waals surface area (Å²) in [5.41, 5.74) is 2.34. The van der Waals surface area contributed by atoms with Crippen LogP contribution in [-0.2, 0) is 0 Å². The third-order valence-electron chi connectivity index (χ3n) is 4.24. The van der Waals surface area contributed by atoms with Crippen LogP contribution in [0.4, 0.5) is 10.7 Å². The second kappa shape index (κ2) is 8.51. The first-order chi connectivity index (χ1) is 12.6. The Kier molecular flexibility index (Phi) is 5.88. The number of amides is 2. The van der Waals surface area contributed by atoms with E-state index in [1.54, 1.807) is 18.5 Å². The molecular weight excluding hydrogens is 330 g/mol. The highest BCUT2D eigenvalue weighted by atomic mass is 16.5. The van der Waals surface area contributed by atoms with Gasteiger partial charge >= 0.3 is 6.03 Å². The Balaban J connectivity index is 1.38. The molecule has 7 heteroatoms. The number of carbonyl (C=O) groups is 1. The van der Waals surface area contributed by atoms with Crippen molar-refractivity contribution in [2.24, 2.45) is 0 Å². The van der Waals surface area contributed by atoms with Gasteiger partial charge in [0.2, 0.25) is 5.95 Å². The summed E-state index contributed by atoms with van der Waals surface area (Å²) < 4.78 is 5.72. The monoisotopic (exact) mass is 355 g/mol. The summed E-state index contributed by atoms with van der Waals surface area (Å²) in [7, 11) is 0. The highest BCUT2D eigenvalue weighted by Crippen LogP contribution is 2.16. The van der Waals surface area contributed by atoms with E-state index in [0.29, 0.717) is 26.2 Å². The van der Waals surface area contributed by atoms with Gasteiger partial charge in [0.25, 0.3) is 0 Å². The maximum absolute atomic E-state index is 12.3. The van der Waals surface area contributed by atoms with Gasteiger partial charge in [-0.1, -0.05) is 6.07 Å². The minimum absolute atomic E-state index is 0.0531. The van der Waals surface area contributed by atoms with Gasteiger partial charge in [-0.05, 0) is 43.2 Å². The van der Waals surface area contributed by atoms with Crippen molar-refractivity contribution >= 4 is 12.0 Å². The first-order valence-corrected chi connectivity index (χ1v) is 8.87. The molecule has 1 aliphatic rings. The van der Waals surface area contributed by atoms with E-state index < -0.39 is 0 Å². The molecule has 0 spiro atoms. The third-order valence-corrected chi connectivity index (χ3v) is 4.24. The van der Waals surface area contributed by atoms with Crippen molar-refractivity contribution in [2.45, 2.75) is 13.8 Å². The Morgan fingerprint density at radius 2 is 1.73 bits per heavy atom. The van der Waals surface area contributed by atoms with Gasteiger partial charge < -0.3 is 19.9 Å². The minimum atomic E-state index is -0.0531. The zero-order valence-corrected chi connectivity index (χ0v) is 15.3. The summed E-state index contributed by atoms with van der Waals surface area (Å²) in [6, 6.07) is 7.85. The molecule has 7 nitrogen and oxygen atoms in total. The number of carbonyl (C=O) groups excluding carboxylic acids is 1. The number of hydrogen-bond donors (Lipinski definition) is 1. The number of aromatic nitrogens is 2. The topological polar surface area (TPSA) is 70.6 Å². The fraction of sp³-hybridized carbons (Fsp3) is 0.421. The first-order valence-electron chi connectivity index (χ1n) is 8.87. The fourth-order valence-corrected chi connectivity index (χ4v) is 3.02. The molecule has 1 saturated heterocycles. The van der Waals surface area contributed by atoms with Crippen LogP contribution in [0.5, 0.6) is 5.75 Å². The molecule has 2 heterocycles. The Hall–Kier alpha value is -2.83. The molecule has 0 aliphatic carbocycles. The normalized spacial score (nSPS) is 14.2. The van der Waals surface area contributed by atoms with Gasteiger partial charge in [-0.3, -0.25) is 0 Å². The van der Waals surface area contributed by atoms with E-state index in [-0.39, 0.29) is 6.03 Å². The molecule has 1 aromatic heterocycles. The molecule has 0 unspecified atom stereocenters. The molecule has 0 atom stereocenters. The number of anilines is 1. The fourth-order valence-electron chi connectivity index (χ4n) is 3.02. The van der Waals surface area contributed by atoms with Crippen LogP contribution in [0.1, 0.15) is 11.1 Å². The van der Waals surface area contributed by atoms with E-state index in [2.05, 4.69) is 26.3 Å². The van der Waals surface area contributed by atoms with Crippen molar-refractivity contribution in [1.29, 1.82) is 0 Å². The molecule has 1 aliphatic heterocycles. The number of nitrogens with one attached hydrogen (secondary N) is 1. The maximum Gasteiger partial charge on any atom is 0.317 e. The van der Waals surface area contributed by atoms with Crippen LogP contribution in [0.2, 0.25) is 0 Å². The Bertz CT molecular complexity index is 710. The molecule has 1 aromatic carbocycles. The predicted octanol–water partition coefficient (Wildman–Crippen LogP) is 2.00. The van der Waals surface area contributed by atoms with E-state index in [4.69, 9.17) is 4.74 Å². The van der Waals surface area contributed by atoms with Gasteiger partial charge in [0.1, 0.15) is 12.4 Å². The molecule has 0 saturated carbocycles. The van der Waals surface area contributed by atoms with Crippen LogP contribution < -0.4 is 15.0 Å². The number of piperazine rings is 1. The number of benzene rings is 1. The second-order valence-corrected chi connectivity index (χ2v) is 6.43. The highest BCUT2D eigenvalue weighted by molar-refractivity contribution is 5.74. The van der Waals surface area contributed by atoms with Crippen LogP contribution in [-0.4, -0.2) is 60.2 Å². The average Bonchev–Trinajstić information content (AvgIpc) is 2.65. The summed E-state index contributed by atoms with van der Waals surface area (Å²) in [4.78, 5) is 24.7. The summed E-state index contributed by atoms with van der Waals surface area (Å²) in [6.07, 6.45) is 3.47. The molecule has 1 N–H and O–H groups in total. The number of hydrogen-bond acceptors (Lipinski definition) is 5. The number of urea groups is 1. The largest absolute Gasteiger partial charge is 0.492 e. The molecule has 138 valence electrons. The lowest BCUT2D eigenvalue weighted by Gasteiger charge is -2.34. The SMILES string of the molecule is Cc1cc(C)cc(OCCNC(=O)N2CCN(c3ncccn3)CC2)c1. The third kappa shape index (κ3) is 4.84. The molecule has 1 fully saturated rings. The van der Waals surface area contributed by atoms with Crippen LogP contribution in [0.3, 0.4) is 0 Å². The molecule has 3 rings (SSSR count). The molecule has 0 radical (unpaired) electrons. The van der Waals surface area contributed by atoms with Gasteiger partial charge in [-0.2, -0.15) is 0 Å². The van der Waals surface area contributed by atoms with Gasteiger partial charge in [0.05, 0.1) is 6.54 Å². The Labute approximate surface area is 154 Å². The van der Waals surface area contributed by atoms with Gasteiger partial charge in [-0.25, -0.2) is 14.8 Å². The van der Waals surface area contributed by atoms with E-state index in [1.807, 2.05) is 30.9 Å². The van der Waals surface area contributed by atoms with Crippen molar-refractivity contribution in [3.05, 3.63) is 47.8 Å². The number of aryl methyl sites for hydroxylation is 2. The number of nitrogens with zero attached hydrogens (tertiary/aromatic N) is 4. The van der Waals surface area contributed by atoms with E-state index in [9.17, 15) is 4.79 Å². The summed E-state index contributed by atoms with van der Waals surface area (Å²) in [5, 5.41) is 2.92. The molecule has 0 bridgehead atoms. The Morgan fingerprint density at radius 1 is 1.08 bits per heavy atom. The average molecular weight is 355 g/mol. The molecular formula is C19H25N5O2. The Morgan fingerprint density at radius 3 is 2.38 bits per heavy atom. The van der Waals surface area contributed by atoms with Gasteiger partial charge in [0, 0.05) is 38.6 Å². The van der Waals surface area contributed by atoms with Crippen molar-refractivity contribution in [3.63, 3.8) is 0 Å². The zero-order chi connectivity index (χ0) is 18.4. The number of ether oxygens (including phenoxy) is 1. The lowest BCUT2D eigenvalue weighted by Crippen LogP contribution is -2.52. The summed E-state index contributed by atoms with van der Waals surface area (Å²) in [6.45, 7) is 7.79. The van der Waals surface area contributed by atoms with Crippen LogP contribution in [0, 0.1) is 13.8 Å². The van der Waals surface area contributed by atoms with Crippen LogP contribution >= 0.6 is 0 Å². The minimum Gasteiger partial charge on any atom is -0.492 e. The van der Waals surface area contributed by atoms with Crippen molar-refractivity contribution in [2.75, 3.05) is 44.2 Å². The highest BCUT2D eigenvalue weighted by Gasteiger charge is 2.22. The van der Waals surface area contributed by atoms with E-state index in [0.717, 1.165) is 24.8 Å². The summed E-state index contributed by atoms with van der Waals surface area (Å²) in [5.74, 6) is 1.56. The zero-order valence-electron chi connectivity index (χ0n) is 15.3. The molecule has 26 heavy (non-hydrogen) atoms. The molecule has 2 aromatic rings. The maximum atomic E-state index is 12.3. The van der Waals surface area contributed by atoms with Crippen molar-refractivity contribution < 1.29 is 9.53 Å². The summed E-state index contributed by atoms with van der Waals surface area (Å²) >= 11 is 0. The second-order valence-electron chi connectivity index (χ2n) is 6.43. The molecule has 2 amide bonds. The first kappa shape index (κ1) is 18.0. The van der Waals surface area contributed by atoms with Gasteiger partial charge in [0.15, 0.2) is 0 Å². The van der Waals surface area contributed by atoms with E-state index in [1.165, 1.54) is 11.1 Å². The predicted molar refractivity (Wildman–Crippen MR) is 101 cm³/mol. The van der Waals surface area contributed by atoms with Crippen molar-refractivity contribution in [1.82, 2.24) is 20.2 Å². The quantitative estimate of drug-likeness (QED) is 0.831. The van der Waals surface area contributed by atoms with Crippen molar-refractivity contribution in [3.8, 4) is 5.75 Å². The van der Waals surface area contributed by atoms with Crippen LogP contribution in [0.25, 0.3) is 0 Å². The standard InChI is InChI=1S/C19H25N5O2/c1-15-12-16(2)14-17(13-15)26-11-6-22-19(25)24-9-7-23(8-10-24)18-20-4-3-5-21-18/h3-5,12-14H,6-11H2,1-2H3,(H,22,25). The number of rotatable bonds is 5. The lowest BCUT2D eigenvalue weighted by molar-refractivity contribution is 0.191.